The Morgan fingerprint density at radius 3 is 1.95 bits per heavy atom. The number of rotatable bonds is 3. The van der Waals surface area contributed by atoms with E-state index in [1.165, 1.54) is 5.56 Å². The van der Waals surface area contributed by atoms with Crippen LogP contribution in [-0.2, 0) is 0 Å². The summed E-state index contributed by atoms with van der Waals surface area (Å²) in [4.78, 5) is 10.8. The largest absolute Gasteiger partial charge is 0.308 e. The number of benzene rings is 1. The molecule has 0 spiro atoms. The molecule has 1 aromatic heterocycles. The summed E-state index contributed by atoms with van der Waals surface area (Å²) in [5.74, 6) is 0.742. The zero-order valence-corrected chi connectivity index (χ0v) is 12.5. The van der Waals surface area contributed by atoms with E-state index in [9.17, 15) is 0 Å². The van der Waals surface area contributed by atoms with Crippen LogP contribution in [0.25, 0.3) is 0 Å². The van der Waals surface area contributed by atoms with Gasteiger partial charge in [-0.15, -0.1) is 0 Å². The lowest BCUT2D eigenvalue weighted by Crippen LogP contribution is -2.27. The third-order valence-electron chi connectivity index (χ3n) is 2.60. The average Bonchev–Trinajstić information content (AvgIpc) is 2.44. The van der Waals surface area contributed by atoms with E-state index in [0.717, 1.165) is 11.6 Å². The minimum atomic E-state index is 0.320. The van der Waals surface area contributed by atoms with Crippen LogP contribution in [0.5, 0.6) is 0 Å². The smallest absolute Gasteiger partial charge is 0.230 e. The monoisotopic (exact) mass is 257 g/mol. The fraction of sp³-hybridized carbons (Fsp3) is 0.375. The first-order valence-corrected chi connectivity index (χ1v) is 6.81. The minimum absolute atomic E-state index is 0.320. The van der Waals surface area contributed by atoms with Gasteiger partial charge in [-0.05, 0) is 39.0 Å². The average molecular weight is 257 g/mol. The van der Waals surface area contributed by atoms with E-state index < -0.39 is 0 Å². The van der Waals surface area contributed by atoms with E-state index in [1.807, 2.05) is 19.9 Å². The molecular formula is C16H23N3. The minimum Gasteiger partial charge on any atom is -0.308 e. The molecule has 2 aromatic rings. The SMILES string of the molecule is CC.Cc1ccc(N(c2ncccn2)C(C)C)cc1. The molecule has 0 fully saturated rings. The summed E-state index contributed by atoms with van der Waals surface area (Å²) in [6.45, 7) is 10.4. The molecule has 0 bridgehead atoms. The van der Waals surface area contributed by atoms with Gasteiger partial charge in [0.05, 0.1) is 0 Å². The van der Waals surface area contributed by atoms with Gasteiger partial charge < -0.3 is 4.90 Å². The van der Waals surface area contributed by atoms with Crippen molar-refractivity contribution in [2.45, 2.75) is 40.7 Å². The normalized spacial score (nSPS) is 9.79. The third-order valence-corrected chi connectivity index (χ3v) is 2.60. The number of aryl methyl sites for hydroxylation is 1. The van der Waals surface area contributed by atoms with E-state index in [-0.39, 0.29) is 0 Å². The van der Waals surface area contributed by atoms with E-state index in [2.05, 4.69) is 59.9 Å². The topological polar surface area (TPSA) is 29.0 Å². The zero-order chi connectivity index (χ0) is 14.3. The van der Waals surface area contributed by atoms with Gasteiger partial charge in [0, 0.05) is 24.1 Å². The van der Waals surface area contributed by atoms with Gasteiger partial charge >= 0.3 is 0 Å². The van der Waals surface area contributed by atoms with Crippen LogP contribution in [-0.4, -0.2) is 16.0 Å². The Morgan fingerprint density at radius 1 is 0.947 bits per heavy atom. The maximum atomic E-state index is 4.31. The quantitative estimate of drug-likeness (QED) is 0.818. The van der Waals surface area contributed by atoms with Gasteiger partial charge in [-0.1, -0.05) is 31.5 Å². The molecule has 102 valence electrons. The highest BCUT2D eigenvalue weighted by atomic mass is 15.3. The van der Waals surface area contributed by atoms with Crippen molar-refractivity contribution in [1.82, 2.24) is 9.97 Å². The Balaban J connectivity index is 0.000000861. The summed E-state index contributed by atoms with van der Waals surface area (Å²) in [5, 5.41) is 0. The first-order chi connectivity index (χ1) is 9.18. The fourth-order valence-electron chi connectivity index (χ4n) is 1.77. The highest BCUT2D eigenvalue weighted by molar-refractivity contribution is 5.58. The molecule has 0 saturated heterocycles. The molecular weight excluding hydrogens is 234 g/mol. The molecule has 0 saturated carbocycles. The highest BCUT2D eigenvalue weighted by Crippen LogP contribution is 2.24. The van der Waals surface area contributed by atoms with Crippen molar-refractivity contribution in [1.29, 1.82) is 0 Å². The summed E-state index contributed by atoms with van der Waals surface area (Å²) >= 11 is 0. The molecule has 3 nitrogen and oxygen atoms in total. The Bertz CT molecular complexity index is 463. The molecule has 0 amide bonds. The maximum absolute atomic E-state index is 4.31. The van der Waals surface area contributed by atoms with Crippen molar-refractivity contribution in [2.75, 3.05) is 4.90 Å². The Morgan fingerprint density at radius 2 is 1.47 bits per heavy atom. The molecule has 0 aliphatic rings. The predicted molar refractivity (Wildman–Crippen MR) is 81.8 cm³/mol. The Labute approximate surface area is 116 Å². The molecule has 1 aromatic carbocycles. The number of anilines is 2. The van der Waals surface area contributed by atoms with Gasteiger partial charge in [-0.25, -0.2) is 9.97 Å². The molecule has 19 heavy (non-hydrogen) atoms. The molecule has 0 atom stereocenters. The van der Waals surface area contributed by atoms with Crippen LogP contribution in [0.2, 0.25) is 0 Å². The van der Waals surface area contributed by atoms with E-state index >= 15 is 0 Å². The molecule has 0 aliphatic heterocycles. The van der Waals surface area contributed by atoms with Gasteiger partial charge in [0.2, 0.25) is 5.95 Å². The van der Waals surface area contributed by atoms with Crippen molar-refractivity contribution in [2.24, 2.45) is 0 Å². The number of nitrogens with zero attached hydrogens (tertiary/aromatic N) is 3. The van der Waals surface area contributed by atoms with Crippen LogP contribution in [0.15, 0.2) is 42.7 Å². The number of hydrogen-bond acceptors (Lipinski definition) is 3. The fourth-order valence-corrected chi connectivity index (χ4v) is 1.77. The lowest BCUT2D eigenvalue weighted by Gasteiger charge is -2.26. The summed E-state index contributed by atoms with van der Waals surface area (Å²) in [5.41, 5.74) is 2.38. The number of hydrogen-bond donors (Lipinski definition) is 0. The second-order valence-electron chi connectivity index (χ2n) is 4.35. The van der Waals surface area contributed by atoms with Gasteiger partial charge in [0.1, 0.15) is 0 Å². The van der Waals surface area contributed by atoms with Crippen LogP contribution in [0.4, 0.5) is 11.6 Å². The van der Waals surface area contributed by atoms with E-state index in [1.54, 1.807) is 12.4 Å². The molecule has 0 unspecified atom stereocenters. The van der Waals surface area contributed by atoms with Crippen molar-refractivity contribution < 1.29 is 0 Å². The van der Waals surface area contributed by atoms with Gasteiger partial charge in [-0.2, -0.15) is 0 Å². The summed E-state index contributed by atoms with van der Waals surface area (Å²) < 4.78 is 0. The van der Waals surface area contributed by atoms with Crippen LogP contribution >= 0.6 is 0 Å². The van der Waals surface area contributed by atoms with Crippen molar-refractivity contribution in [3.63, 3.8) is 0 Å². The molecule has 0 N–H and O–H groups in total. The summed E-state index contributed by atoms with van der Waals surface area (Å²) in [6.07, 6.45) is 3.54. The van der Waals surface area contributed by atoms with Crippen LogP contribution in [0.1, 0.15) is 33.3 Å². The Hall–Kier alpha value is -1.90. The van der Waals surface area contributed by atoms with Crippen molar-refractivity contribution in [3.8, 4) is 0 Å². The lowest BCUT2D eigenvalue weighted by atomic mass is 10.2. The summed E-state index contributed by atoms with van der Waals surface area (Å²) in [6, 6.07) is 10.6. The lowest BCUT2D eigenvalue weighted by molar-refractivity contribution is 0.762. The highest BCUT2D eigenvalue weighted by Gasteiger charge is 2.14. The van der Waals surface area contributed by atoms with Gasteiger partial charge in [0.15, 0.2) is 0 Å². The van der Waals surface area contributed by atoms with E-state index in [0.29, 0.717) is 6.04 Å². The first-order valence-electron chi connectivity index (χ1n) is 6.81. The van der Waals surface area contributed by atoms with Crippen LogP contribution in [0, 0.1) is 6.92 Å². The standard InChI is InChI=1S/C14H17N3.C2H6/c1-11(2)17(14-15-9-4-10-16-14)13-7-5-12(3)6-8-13;1-2/h4-11H,1-3H3;1-2H3. The zero-order valence-electron chi connectivity index (χ0n) is 12.5. The predicted octanol–water partition coefficient (Wildman–Crippen LogP) is 4.36. The van der Waals surface area contributed by atoms with Gasteiger partial charge in [-0.3, -0.25) is 0 Å². The first kappa shape index (κ1) is 15.2. The van der Waals surface area contributed by atoms with Crippen LogP contribution < -0.4 is 4.90 Å². The number of aromatic nitrogens is 2. The molecule has 0 radical (unpaired) electrons. The molecule has 3 heteroatoms. The molecule has 0 aliphatic carbocycles. The second kappa shape index (κ2) is 7.52. The van der Waals surface area contributed by atoms with Crippen LogP contribution in [0.3, 0.4) is 0 Å². The van der Waals surface area contributed by atoms with E-state index in [4.69, 9.17) is 0 Å². The maximum Gasteiger partial charge on any atom is 0.230 e. The molecule has 1 heterocycles. The van der Waals surface area contributed by atoms with Crippen molar-refractivity contribution >= 4 is 11.6 Å². The molecule has 2 rings (SSSR count). The second-order valence-corrected chi connectivity index (χ2v) is 4.35. The van der Waals surface area contributed by atoms with Crippen molar-refractivity contribution in [3.05, 3.63) is 48.3 Å². The van der Waals surface area contributed by atoms with Gasteiger partial charge in [0.25, 0.3) is 0 Å². The summed E-state index contributed by atoms with van der Waals surface area (Å²) in [7, 11) is 0. The Kier molecular flexibility index (Phi) is 6.00. The third kappa shape index (κ3) is 4.05.